The number of fused-ring (bicyclic) bond motifs is 2. The number of amides is 2. The number of benzene rings is 1. The van der Waals surface area contributed by atoms with Gasteiger partial charge in [-0.05, 0) is 64.8 Å². The Bertz CT molecular complexity index is 1190. The van der Waals surface area contributed by atoms with E-state index in [1.165, 1.54) is 0 Å². The van der Waals surface area contributed by atoms with Gasteiger partial charge < -0.3 is 19.7 Å². The summed E-state index contributed by atoms with van der Waals surface area (Å²) in [6, 6.07) is 7.33. The first-order valence-electron chi connectivity index (χ1n) is 13.5. The van der Waals surface area contributed by atoms with E-state index >= 15 is 0 Å². The summed E-state index contributed by atoms with van der Waals surface area (Å²) in [4.78, 5) is 28.7. The fourth-order valence-electron chi connectivity index (χ4n) is 5.29. The van der Waals surface area contributed by atoms with Crippen LogP contribution in [0.5, 0.6) is 0 Å². The van der Waals surface area contributed by atoms with E-state index in [0.29, 0.717) is 19.8 Å². The summed E-state index contributed by atoms with van der Waals surface area (Å²) in [7, 11) is -1.18. The number of thioether (sulfide) groups is 1. The fraction of sp³-hybridized carbons (Fsp3) is 0.679. The lowest BCUT2D eigenvalue weighted by atomic mass is 9.96. The van der Waals surface area contributed by atoms with Crippen molar-refractivity contribution < 1.29 is 19.1 Å². The molecule has 0 unspecified atom stereocenters. The summed E-state index contributed by atoms with van der Waals surface area (Å²) >= 11 is 1.69. The van der Waals surface area contributed by atoms with Crippen LogP contribution in [-0.4, -0.2) is 66.3 Å². The van der Waals surface area contributed by atoms with Crippen LogP contribution in [0.15, 0.2) is 23.1 Å². The molecule has 3 atom stereocenters. The second kappa shape index (κ2) is 10.5. The topological polar surface area (TPSA) is 85.7 Å². The van der Waals surface area contributed by atoms with E-state index in [4.69, 9.17) is 14.6 Å². The lowest BCUT2D eigenvalue weighted by Crippen LogP contribution is -2.44. The van der Waals surface area contributed by atoms with E-state index < -0.39 is 19.2 Å². The van der Waals surface area contributed by atoms with Crippen LogP contribution in [0.25, 0.3) is 10.9 Å². The van der Waals surface area contributed by atoms with Crippen molar-refractivity contribution in [3.05, 3.63) is 23.9 Å². The molecule has 1 aliphatic heterocycles. The maximum absolute atomic E-state index is 13.4. The van der Waals surface area contributed by atoms with Gasteiger partial charge in [0.1, 0.15) is 12.3 Å². The monoisotopic (exact) mass is 560 g/mol. The van der Waals surface area contributed by atoms with E-state index in [-0.39, 0.29) is 29.8 Å². The number of nitrogens with zero attached hydrogens (tertiary/aromatic N) is 3. The number of hydrogen-bond acceptors (Lipinski definition) is 6. The number of carbonyl (C=O) groups excluding carboxylic acids is 2. The number of carbonyl (C=O) groups is 2. The first-order chi connectivity index (χ1) is 17.6. The lowest BCUT2D eigenvalue weighted by molar-refractivity contribution is -0.125. The molecule has 8 nitrogen and oxygen atoms in total. The molecule has 4 rings (SSSR count). The van der Waals surface area contributed by atoms with E-state index in [0.717, 1.165) is 34.1 Å². The van der Waals surface area contributed by atoms with Crippen molar-refractivity contribution in [2.45, 2.75) is 83.1 Å². The van der Waals surface area contributed by atoms with Gasteiger partial charge in [0.25, 0.3) is 0 Å². The third kappa shape index (κ3) is 6.39. The van der Waals surface area contributed by atoms with Crippen molar-refractivity contribution in [3.63, 3.8) is 0 Å². The van der Waals surface area contributed by atoms with E-state index in [1.807, 2.05) is 45.4 Å². The number of aromatic nitrogens is 2. The molecular weight excluding hydrogens is 516 g/mol. The van der Waals surface area contributed by atoms with Crippen LogP contribution < -0.4 is 5.32 Å². The normalized spacial score (nSPS) is 21.5. The number of likely N-dealkylation sites (tertiary alicyclic amines) is 1. The van der Waals surface area contributed by atoms with Gasteiger partial charge in [-0.2, -0.15) is 5.10 Å². The van der Waals surface area contributed by atoms with Crippen LogP contribution in [-0.2, 0) is 26.5 Å². The highest BCUT2D eigenvalue weighted by Crippen LogP contribution is 2.52. The molecule has 0 bridgehead atoms. The summed E-state index contributed by atoms with van der Waals surface area (Å²) in [5.74, 6) is 0.336. The molecule has 1 aromatic heterocycles. The second-order valence-corrected chi connectivity index (χ2v) is 19.9. The Morgan fingerprint density at radius 1 is 1.13 bits per heavy atom. The third-order valence-electron chi connectivity index (χ3n) is 7.34. The molecular formula is C28H44N4O4SSi. The van der Waals surface area contributed by atoms with Crippen LogP contribution in [0.1, 0.15) is 40.3 Å². The summed E-state index contributed by atoms with van der Waals surface area (Å²) in [5, 5.41) is 9.30. The molecule has 38 heavy (non-hydrogen) atoms. The highest BCUT2D eigenvalue weighted by atomic mass is 32.2. The standard InChI is InChI=1S/C28H44N4O4SSi/c1-27(2,3)36-26(34)31-15-19-20(16-31)22(19)25(33)29-28(4,5)24-18-11-10-12-21(37-6)23(18)32(30-24)17-35-13-14-38(7,8)9/h10-12,19-20,22H,13-17H2,1-9H3,(H,29,33)/t19-,20+,22+. The molecule has 210 valence electrons. The highest BCUT2D eigenvalue weighted by Gasteiger charge is 2.61. The Balaban J connectivity index is 1.45. The summed E-state index contributed by atoms with van der Waals surface area (Å²) in [5.41, 5.74) is 0.692. The molecule has 1 aliphatic carbocycles. The lowest BCUT2D eigenvalue weighted by Gasteiger charge is -2.27. The molecule has 2 amide bonds. The van der Waals surface area contributed by atoms with Crippen LogP contribution in [0.3, 0.4) is 0 Å². The van der Waals surface area contributed by atoms with Crippen molar-refractivity contribution in [3.8, 4) is 0 Å². The average Bonchev–Trinajstić information content (AvgIpc) is 3.12. The number of para-hydroxylation sites is 1. The minimum atomic E-state index is -1.18. The molecule has 1 saturated heterocycles. The number of nitrogens with one attached hydrogen (secondary N) is 1. The first-order valence-corrected chi connectivity index (χ1v) is 18.5. The van der Waals surface area contributed by atoms with E-state index in [2.05, 4.69) is 43.3 Å². The number of ether oxygens (including phenoxy) is 2. The first kappa shape index (κ1) is 29.0. The Kier molecular flexibility index (Phi) is 8.00. The predicted octanol–water partition coefficient (Wildman–Crippen LogP) is 5.53. The number of piperidine rings is 1. The van der Waals surface area contributed by atoms with Crippen molar-refractivity contribution in [1.29, 1.82) is 0 Å². The van der Waals surface area contributed by atoms with Crippen LogP contribution >= 0.6 is 11.8 Å². The minimum absolute atomic E-state index is 0.0314. The van der Waals surface area contributed by atoms with Crippen LogP contribution in [0.2, 0.25) is 25.7 Å². The Hall–Kier alpha value is -2.04. The van der Waals surface area contributed by atoms with E-state index in [1.54, 1.807) is 16.7 Å². The van der Waals surface area contributed by atoms with Gasteiger partial charge in [0.2, 0.25) is 5.91 Å². The van der Waals surface area contributed by atoms with Crippen LogP contribution in [0.4, 0.5) is 4.79 Å². The van der Waals surface area contributed by atoms with Gasteiger partial charge in [-0.3, -0.25) is 4.79 Å². The van der Waals surface area contributed by atoms with Gasteiger partial charge in [-0.25, -0.2) is 9.48 Å². The van der Waals surface area contributed by atoms with Gasteiger partial charge in [0.15, 0.2) is 0 Å². The molecule has 2 aliphatic rings. The predicted molar refractivity (Wildman–Crippen MR) is 155 cm³/mol. The van der Waals surface area contributed by atoms with Crippen molar-refractivity contribution in [2.24, 2.45) is 17.8 Å². The fourth-order valence-corrected chi connectivity index (χ4v) is 6.67. The smallest absolute Gasteiger partial charge is 0.410 e. The number of rotatable bonds is 9. The Labute approximate surface area is 232 Å². The van der Waals surface area contributed by atoms with Gasteiger partial charge in [-0.1, -0.05) is 31.8 Å². The van der Waals surface area contributed by atoms with Crippen LogP contribution in [0, 0.1) is 17.8 Å². The average molecular weight is 561 g/mol. The Morgan fingerprint density at radius 2 is 1.79 bits per heavy atom. The molecule has 1 N–H and O–H groups in total. The van der Waals surface area contributed by atoms with Gasteiger partial charge in [0, 0.05) is 44.0 Å². The van der Waals surface area contributed by atoms with Crippen molar-refractivity contribution in [1.82, 2.24) is 20.0 Å². The summed E-state index contributed by atoms with van der Waals surface area (Å²) < 4.78 is 13.5. The highest BCUT2D eigenvalue weighted by molar-refractivity contribution is 7.98. The zero-order valence-corrected chi connectivity index (χ0v) is 26.2. The van der Waals surface area contributed by atoms with E-state index in [9.17, 15) is 9.59 Å². The SMILES string of the molecule is CSc1cccc2c(C(C)(C)NC(=O)[C@H]3[C@@H]4CN(C(=O)OC(C)(C)C)C[C@@H]43)nn(COCC[Si](C)(C)C)c12. The van der Waals surface area contributed by atoms with Gasteiger partial charge in [0.05, 0.1) is 16.7 Å². The molecule has 10 heteroatoms. The second-order valence-electron chi connectivity index (χ2n) is 13.4. The quantitative estimate of drug-likeness (QED) is 0.246. The van der Waals surface area contributed by atoms with Crippen molar-refractivity contribution in [2.75, 3.05) is 26.0 Å². The van der Waals surface area contributed by atoms with Gasteiger partial charge >= 0.3 is 6.09 Å². The third-order valence-corrected chi connectivity index (χ3v) is 9.81. The maximum atomic E-state index is 13.4. The molecule has 2 fully saturated rings. The molecule has 1 aromatic carbocycles. The molecule has 0 radical (unpaired) electrons. The van der Waals surface area contributed by atoms with Gasteiger partial charge in [-0.15, -0.1) is 11.8 Å². The zero-order valence-electron chi connectivity index (χ0n) is 24.4. The minimum Gasteiger partial charge on any atom is -0.444 e. The molecule has 0 spiro atoms. The number of hydrogen-bond donors (Lipinski definition) is 1. The molecule has 2 aromatic rings. The summed E-state index contributed by atoms with van der Waals surface area (Å²) in [6.07, 6.45) is 1.77. The van der Waals surface area contributed by atoms with Crippen molar-refractivity contribution >= 4 is 42.7 Å². The zero-order chi connectivity index (χ0) is 28.0. The molecule has 2 heterocycles. The summed E-state index contributed by atoms with van der Waals surface area (Å²) in [6.45, 7) is 18.9. The largest absolute Gasteiger partial charge is 0.444 e. The molecule has 1 saturated carbocycles. The Morgan fingerprint density at radius 3 is 2.37 bits per heavy atom. The maximum Gasteiger partial charge on any atom is 0.410 e.